The molecular formula is C12H26O3. The minimum absolute atomic E-state index is 0.353. The summed E-state index contributed by atoms with van der Waals surface area (Å²) in [6.07, 6.45) is 4.40. The van der Waals surface area contributed by atoms with Gasteiger partial charge in [-0.2, -0.15) is 0 Å². The van der Waals surface area contributed by atoms with Crippen molar-refractivity contribution in [2.75, 3.05) is 26.9 Å². The zero-order valence-corrected chi connectivity index (χ0v) is 10.4. The summed E-state index contributed by atoms with van der Waals surface area (Å²) in [5.41, 5.74) is 0. The smallest absolute Gasteiger partial charge is 0.101 e. The van der Waals surface area contributed by atoms with Crippen LogP contribution in [0.4, 0.5) is 0 Å². The van der Waals surface area contributed by atoms with E-state index in [1.807, 2.05) is 0 Å². The summed E-state index contributed by atoms with van der Waals surface area (Å²) in [6.45, 7) is 5.89. The third-order valence-corrected chi connectivity index (χ3v) is 2.57. The number of methoxy groups -OCH3 is 1. The molecule has 0 fully saturated rings. The zero-order valence-electron chi connectivity index (χ0n) is 10.4. The summed E-state index contributed by atoms with van der Waals surface area (Å²) in [5, 5.41) is 9.36. The van der Waals surface area contributed by atoms with Crippen LogP contribution in [0.15, 0.2) is 0 Å². The molecule has 0 radical (unpaired) electrons. The van der Waals surface area contributed by atoms with Gasteiger partial charge in [-0.1, -0.05) is 33.1 Å². The van der Waals surface area contributed by atoms with Crippen LogP contribution in [0.25, 0.3) is 0 Å². The van der Waals surface area contributed by atoms with E-state index in [0.29, 0.717) is 19.1 Å². The lowest BCUT2D eigenvalue weighted by Gasteiger charge is -2.16. The summed E-state index contributed by atoms with van der Waals surface area (Å²) >= 11 is 0. The number of hydrogen-bond donors (Lipinski definition) is 1. The Morgan fingerprint density at radius 1 is 1.13 bits per heavy atom. The molecule has 92 valence electrons. The molecule has 0 aliphatic carbocycles. The normalized spacial score (nSPS) is 15.2. The molecule has 0 bridgehead atoms. The van der Waals surface area contributed by atoms with Crippen molar-refractivity contribution in [3.05, 3.63) is 0 Å². The number of aliphatic hydroxyl groups excluding tert-OH is 1. The topological polar surface area (TPSA) is 38.7 Å². The molecule has 1 N–H and O–H groups in total. The van der Waals surface area contributed by atoms with E-state index in [9.17, 15) is 5.11 Å². The van der Waals surface area contributed by atoms with E-state index in [2.05, 4.69) is 13.8 Å². The van der Waals surface area contributed by atoms with Gasteiger partial charge in [-0.3, -0.25) is 0 Å². The minimum atomic E-state index is -0.487. The summed E-state index contributed by atoms with van der Waals surface area (Å²) in [6, 6.07) is 0. The Morgan fingerprint density at radius 2 is 1.87 bits per heavy atom. The molecule has 3 heteroatoms. The molecule has 0 aliphatic rings. The molecule has 0 aromatic heterocycles. The van der Waals surface area contributed by atoms with Gasteiger partial charge in [-0.05, 0) is 12.3 Å². The second kappa shape index (κ2) is 10.4. The van der Waals surface area contributed by atoms with Crippen LogP contribution in [0.5, 0.6) is 0 Å². The Hall–Kier alpha value is -0.120. The Bertz CT molecular complexity index is 128. The van der Waals surface area contributed by atoms with Crippen molar-refractivity contribution in [3.63, 3.8) is 0 Å². The number of rotatable bonds is 10. The fraction of sp³-hybridized carbons (Fsp3) is 1.00. The van der Waals surface area contributed by atoms with E-state index in [4.69, 9.17) is 9.47 Å². The summed E-state index contributed by atoms with van der Waals surface area (Å²) < 4.78 is 10.3. The van der Waals surface area contributed by atoms with Gasteiger partial charge in [-0.25, -0.2) is 0 Å². The third-order valence-electron chi connectivity index (χ3n) is 2.57. The Kier molecular flexibility index (Phi) is 10.3. The van der Waals surface area contributed by atoms with Gasteiger partial charge in [0.1, 0.15) is 6.10 Å². The van der Waals surface area contributed by atoms with E-state index in [1.165, 1.54) is 19.3 Å². The second-order valence-corrected chi connectivity index (χ2v) is 4.06. The maximum absolute atomic E-state index is 9.36. The molecule has 0 aliphatic heterocycles. The van der Waals surface area contributed by atoms with Crippen LogP contribution in [0.1, 0.15) is 39.5 Å². The summed E-state index contributed by atoms with van der Waals surface area (Å²) in [4.78, 5) is 0. The number of ether oxygens (including phenoxy) is 2. The van der Waals surface area contributed by atoms with E-state index in [0.717, 1.165) is 13.0 Å². The molecule has 0 aromatic carbocycles. The van der Waals surface area contributed by atoms with Crippen LogP contribution in [0, 0.1) is 5.92 Å². The van der Waals surface area contributed by atoms with Gasteiger partial charge in [0.25, 0.3) is 0 Å². The highest BCUT2D eigenvalue weighted by Gasteiger charge is 2.08. The molecule has 0 saturated heterocycles. The first-order valence-corrected chi connectivity index (χ1v) is 5.99. The highest BCUT2D eigenvalue weighted by atomic mass is 16.5. The maximum atomic E-state index is 9.36. The monoisotopic (exact) mass is 218 g/mol. The number of aliphatic hydroxyl groups is 1. The lowest BCUT2D eigenvalue weighted by molar-refractivity contribution is -0.0162. The Balaban J connectivity index is 3.44. The van der Waals surface area contributed by atoms with Crippen LogP contribution in [0.3, 0.4) is 0 Å². The molecule has 0 aromatic rings. The summed E-state index contributed by atoms with van der Waals surface area (Å²) in [5.74, 6) is 0.639. The predicted molar refractivity (Wildman–Crippen MR) is 62.0 cm³/mol. The fourth-order valence-electron chi connectivity index (χ4n) is 1.51. The van der Waals surface area contributed by atoms with Crippen molar-refractivity contribution in [1.82, 2.24) is 0 Å². The van der Waals surface area contributed by atoms with Gasteiger partial charge in [0.05, 0.1) is 13.2 Å². The molecule has 15 heavy (non-hydrogen) atoms. The SMILES string of the molecule is CCCCC(CC)COCC(O)COC. The predicted octanol–water partition coefficient (Wildman–Crippen LogP) is 2.23. The molecule has 0 amide bonds. The van der Waals surface area contributed by atoms with E-state index in [-0.39, 0.29) is 0 Å². The number of unbranched alkanes of at least 4 members (excludes halogenated alkanes) is 1. The van der Waals surface area contributed by atoms with E-state index >= 15 is 0 Å². The highest BCUT2D eigenvalue weighted by Crippen LogP contribution is 2.12. The first kappa shape index (κ1) is 14.9. The average Bonchev–Trinajstić information content (AvgIpc) is 2.23. The molecular weight excluding hydrogens is 192 g/mol. The largest absolute Gasteiger partial charge is 0.388 e. The molecule has 0 saturated carbocycles. The fourth-order valence-corrected chi connectivity index (χ4v) is 1.51. The zero-order chi connectivity index (χ0) is 11.5. The van der Waals surface area contributed by atoms with Crippen LogP contribution < -0.4 is 0 Å². The molecule has 0 heterocycles. The van der Waals surface area contributed by atoms with Gasteiger partial charge in [0, 0.05) is 13.7 Å². The van der Waals surface area contributed by atoms with E-state index < -0.39 is 6.10 Å². The minimum Gasteiger partial charge on any atom is -0.388 e. The quantitative estimate of drug-likeness (QED) is 0.611. The van der Waals surface area contributed by atoms with Crippen molar-refractivity contribution in [2.45, 2.75) is 45.6 Å². The molecule has 0 spiro atoms. The number of hydrogen-bond acceptors (Lipinski definition) is 3. The van der Waals surface area contributed by atoms with Crippen molar-refractivity contribution >= 4 is 0 Å². The molecule has 0 rings (SSSR count). The van der Waals surface area contributed by atoms with Gasteiger partial charge >= 0.3 is 0 Å². The first-order chi connectivity index (χ1) is 7.24. The summed E-state index contributed by atoms with van der Waals surface area (Å²) in [7, 11) is 1.58. The average molecular weight is 218 g/mol. The first-order valence-electron chi connectivity index (χ1n) is 5.99. The molecule has 3 nitrogen and oxygen atoms in total. The van der Waals surface area contributed by atoms with Crippen molar-refractivity contribution in [1.29, 1.82) is 0 Å². The van der Waals surface area contributed by atoms with Crippen molar-refractivity contribution in [2.24, 2.45) is 5.92 Å². The maximum Gasteiger partial charge on any atom is 0.101 e. The molecule has 2 unspecified atom stereocenters. The van der Waals surface area contributed by atoms with Crippen LogP contribution in [0.2, 0.25) is 0 Å². The third kappa shape index (κ3) is 8.85. The lowest BCUT2D eigenvalue weighted by Crippen LogP contribution is -2.22. The Morgan fingerprint density at radius 3 is 2.40 bits per heavy atom. The van der Waals surface area contributed by atoms with E-state index in [1.54, 1.807) is 7.11 Å². The highest BCUT2D eigenvalue weighted by molar-refractivity contribution is 4.57. The van der Waals surface area contributed by atoms with Gasteiger partial charge in [0.15, 0.2) is 0 Å². The van der Waals surface area contributed by atoms with Gasteiger partial charge in [0.2, 0.25) is 0 Å². The van der Waals surface area contributed by atoms with Crippen LogP contribution in [-0.4, -0.2) is 38.1 Å². The van der Waals surface area contributed by atoms with Crippen LogP contribution in [-0.2, 0) is 9.47 Å². The molecule has 2 atom stereocenters. The van der Waals surface area contributed by atoms with Crippen LogP contribution >= 0.6 is 0 Å². The van der Waals surface area contributed by atoms with Gasteiger partial charge in [-0.15, -0.1) is 0 Å². The van der Waals surface area contributed by atoms with Crippen molar-refractivity contribution < 1.29 is 14.6 Å². The Labute approximate surface area is 93.8 Å². The van der Waals surface area contributed by atoms with Crippen molar-refractivity contribution in [3.8, 4) is 0 Å². The standard InChI is InChI=1S/C12H26O3/c1-4-6-7-11(5-2)8-15-10-12(13)9-14-3/h11-13H,4-10H2,1-3H3. The second-order valence-electron chi connectivity index (χ2n) is 4.06. The van der Waals surface area contributed by atoms with Gasteiger partial charge < -0.3 is 14.6 Å². The lowest BCUT2D eigenvalue weighted by atomic mass is 10.0.